The largest absolute Gasteiger partial charge is 0.507 e. The van der Waals surface area contributed by atoms with Crippen LogP contribution in [0.1, 0.15) is 34.0 Å². The van der Waals surface area contributed by atoms with Gasteiger partial charge >= 0.3 is 0 Å². The molecule has 1 N–H and O–H groups in total. The van der Waals surface area contributed by atoms with Gasteiger partial charge in [0.1, 0.15) is 5.75 Å². The van der Waals surface area contributed by atoms with E-state index in [2.05, 4.69) is 51.6 Å². The van der Waals surface area contributed by atoms with Gasteiger partial charge in [-0.05, 0) is 75.1 Å². The molecule has 2 aromatic heterocycles. The van der Waals surface area contributed by atoms with Gasteiger partial charge in [0.2, 0.25) is 0 Å². The maximum atomic E-state index is 13.6. The van der Waals surface area contributed by atoms with Gasteiger partial charge in [-0.3, -0.25) is 9.36 Å². The number of hydrogen-bond donors (Lipinski definition) is 1. The van der Waals surface area contributed by atoms with E-state index in [1.54, 1.807) is 23.5 Å². The predicted molar refractivity (Wildman–Crippen MR) is 133 cm³/mol. The Hall–Kier alpha value is -2.74. The van der Waals surface area contributed by atoms with Crippen molar-refractivity contribution in [1.82, 2.24) is 4.57 Å². The lowest BCUT2D eigenvalue weighted by molar-refractivity contribution is 0.472. The second-order valence-electron chi connectivity index (χ2n) is 7.84. The van der Waals surface area contributed by atoms with Crippen LogP contribution in [-0.2, 0) is 6.42 Å². The van der Waals surface area contributed by atoms with E-state index in [1.165, 1.54) is 28.0 Å². The molecular formula is C25H17BrN2O2S2. The van der Waals surface area contributed by atoms with Gasteiger partial charge in [0, 0.05) is 10.4 Å². The third kappa shape index (κ3) is 3.15. The average Bonchev–Trinajstić information content (AvgIpc) is 3.44. The Morgan fingerprint density at radius 2 is 2.00 bits per heavy atom. The first kappa shape index (κ1) is 19.9. The number of aromatic nitrogens is 1. The molecule has 0 radical (unpaired) electrons. The zero-order valence-electron chi connectivity index (χ0n) is 16.8. The summed E-state index contributed by atoms with van der Waals surface area (Å²) in [4.78, 5) is 20.5. The summed E-state index contributed by atoms with van der Waals surface area (Å²) >= 11 is 6.45. The van der Waals surface area contributed by atoms with Crippen molar-refractivity contribution in [2.24, 2.45) is 4.99 Å². The van der Waals surface area contributed by atoms with Crippen LogP contribution in [0.15, 0.2) is 79.8 Å². The quantitative estimate of drug-likeness (QED) is 0.410. The van der Waals surface area contributed by atoms with Crippen molar-refractivity contribution in [1.29, 1.82) is 0 Å². The Morgan fingerprint density at radius 1 is 1.12 bits per heavy atom. The number of phenols is 1. The van der Waals surface area contributed by atoms with E-state index in [0.29, 0.717) is 9.01 Å². The number of fused-ring (bicyclic) bond motifs is 3. The third-order valence-electron chi connectivity index (χ3n) is 5.96. The number of hydrogen-bond acceptors (Lipinski definition) is 5. The SMILES string of the molecule is O=c1/c(=C/c2ccc(O)c(Br)c2)sc2n1C(c1cccs1)C1=C(N=2)c2ccccc2CC1. The van der Waals surface area contributed by atoms with Crippen LogP contribution in [0.25, 0.3) is 11.8 Å². The first-order valence-electron chi connectivity index (χ1n) is 10.2. The minimum atomic E-state index is -0.122. The summed E-state index contributed by atoms with van der Waals surface area (Å²) in [6.07, 6.45) is 3.72. The maximum absolute atomic E-state index is 13.6. The highest BCUT2D eigenvalue weighted by Crippen LogP contribution is 2.42. The molecule has 1 unspecified atom stereocenters. The van der Waals surface area contributed by atoms with E-state index < -0.39 is 0 Å². The number of aryl methyl sites for hydroxylation is 1. The number of benzene rings is 2. The molecule has 0 amide bonds. The second kappa shape index (κ2) is 7.69. The van der Waals surface area contributed by atoms with Gasteiger partial charge in [-0.2, -0.15) is 0 Å². The van der Waals surface area contributed by atoms with Crippen LogP contribution < -0.4 is 14.9 Å². The molecule has 4 aromatic rings. The third-order valence-corrected chi connectivity index (χ3v) is 8.50. The fourth-order valence-electron chi connectivity index (χ4n) is 4.48. The molecule has 0 fully saturated rings. The van der Waals surface area contributed by atoms with Crippen LogP contribution in [0.4, 0.5) is 0 Å². The summed E-state index contributed by atoms with van der Waals surface area (Å²) in [5.74, 6) is 0.174. The average molecular weight is 521 g/mol. The van der Waals surface area contributed by atoms with Gasteiger partial charge in [0.15, 0.2) is 4.80 Å². The van der Waals surface area contributed by atoms with Gasteiger partial charge in [-0.15, -0.1) is 11.3 Å². The number of nitrogens with zero attached hydrogens (tertiary/aromatic N) is 2. The van der Waals surface area contributed by atoms with Crippen LogP contribution in [0.2, 0.25) is 0 Å². The molecule has 2 aliphatic rings. The van der Waals surface area contributed by atoms with Gasteiger partial charge in [0.05, 0.1) is 20.7 Å². The molecular weight excluding hydrogens is 504 g/mol. The standard InChI is InChI=1S/C25H17BrN2O2S2/c26-18-12-14(7-10-19(18)29)13-21-24(30)28-23(20-6-3-11-31-20)17-9-8-15-4-1-2-5-16(15)22(17)27-25(28)32-21/h1-7,10-13,23,29H,8-9H2/b21-13-. The van der Waals surface area contributed by atoms with Crippen LogP contribution in [0, 0.1) is 0 Å². The maximum Gasteiger partial charge on any atom is 0.271 e. The van der Waals surface area contributed by atoms with Gasteiger partial charge in [-0.1, -0.05) is 47.7 Å². The van der Waals surface area contributed by atoms with Gasteiger partial charge in [0.25, 0.3) is 5.56 Å². The first-order chi connectivity index (χ1) is 15.6. The fourth-order valence-corrected chi connectivity index (χ4v) is 6.73. The molecule has 0 saturated heterocycles. The van der Waals surface area contributed by atoms with E-state index in [9.17, 15) is 9.90 Å². The van der Waals surface area contributed by atoms with Gasteiger partial charge in [-0.25, -0.2) is 4.99 Å². The van der Waals surface area contributed by atoms with E-state index >= 15 is 0 Å². The zero-order valence-corrected chi connectivity index (χ0v) is 20.0. The van der Waals surface area contributed by atoms with E-state index in [4.69, 9.17) is 4.99 Å². The Balaban J connectivity index is 1.61. The molecule has 7 heteroatoms. The molecule has 0 spiro atoms. The minimum absolute atomic E-state index is 0.0262. The molecule has 0 saturated carbocycles. The van der Waals surface area contributed by atoms with Crippen LogP contribution in [-0.4, -0.2) is 9.67 Å². The number of thiophene rings is 1. The van der Waals surface area contributed by atoms with Crippen LogP contribution in [0.5, 0.6) is 5.75 Å². The Morgan fingerprint density at radius 3 is 2.81 bits per heavy atom. The Labute approximate surface area is 200 Å². The minimum Gasteiger partial charge on any atom is -0.507 e. The van der Waals surface area contributed by atoms with E-state index in [-0.39, 0.29) is 17.4 Å². The van der Waals surface area contributed by atoms with Crippen molar-refractivity contribution in [3.05, 3.63) is 111 Å². The number of thiazole rings is 1. The number of rotatable bonds is 2. The molecule has 0 bridgehead atoms. The van der Waals surface area contributed by atoms with Crippen molar-refractivity contribution < 1.29 is 5.11 Å². The zero-order chi connectivity index (χ0) is 21.8. The molecule has 158 valence electrons. The van der Waals surface area contributed by atoms with Crippen LogP contribution in [0.3, 0.4) is 0 Å². The molecule has 32 heavy (non-hydrogen) atoms. The number of aromatic hydroxyl groups is 1. The highest BCUT2D eigenvalue weighted by atomic mass is 79.9. The topological polar surface area (TPSA) is 54.6 Å². The van der Waals surface area contributed by atoms with E-state index in [1.807, 2.05) is 22.8 Å². The molecule has 3 heterocycles. The summed E-state index contributed by atoms with van der Waals surface area (Å²) in [5.41, 5.74) is 5.55. The predicted octanol–water partition coefficient (Wildman–Crippen LogP) is 4.85. The fraction of sp³-hybridized carbons (Fsp3) is 0.120. The monoisotopic (exact) mass is 520 g/mol. The summed E-state index contributed by atoms with van der Waals surface area (Å²) in [6.45, 7) is 0. The smallest absolute Gasteiger partial charge is 0.271 e. The Bertz CT molecular complexity index is 1580. The second-order valence-corrected chi connectivity index (χ2v) is 10.7. The molecule has 1 atom stereocenters. The lowest BCUT2D eigenvalue weighted by atomic mass is 9.85. The van der Waals surface area contributed by atoms with Crippen LogP contribution >= 0.6 is 38.6 Å². The lowest BCUT2D eigenvalue weighted by Gasteiger charge is -2.30. The van der Waals surface area contributed by atoms with Gasteiger partial charge < -0.3 is 5.11 Å². The summed E-state index contributed by atoms with van der Waals surface area (Å²) in [5, 5.41) is 11.9. The van der Waals surface area contributed by atoms with Crippen molar-refractivity contribution in [3.8, 4) is 5.75 Å². The summed E-state index contributed by atoms with van der Waals surface area (Å²) in [7, 11) is 0. The molecule has 4 nitrogen and oxygen atoms in total. The summed E-state index contributed by atoms with van der Waals surface area (Å²) < 4.78 is 3.10. The lowest BCUT2D eigenvalue weighted by Crippen LogP contribution is -2.38. The molecule has 6 rings (SSSR count). The number of phenolic OH excluding ortho intramolecular Hbond substituents is 1. The molecule has 1 aliphatic heterocycles. The Kier molecular flexibility index (Phi) is 4.78. The summed E-state index contributed by atoms with van der Waals surface area (Å²) in [6, 6.07) is 17.7. The van der Waals surface area contributed by atoms with Crippen molar-refractivity contribution in [2.75, 3.05) is 0 Å². The first-order valence-corrected chi connectivity index (χ1v) is 12.7. The van der Waals surface area contributed by atoms with Crippen molar-refractivity contribution in [3.63, 3.8) is 0 Å². The highest BCUT2D eigenvalue weighted by Gasteiger charge is 2.32. The number of allylic oxidation sites excluding steroid dienone is 1. The molecule has 1 aliphatic carbocycles. The number of halogens is 1. The van der Waals surface area contributed by atoms with Crippen molar-refractivity contribution in [2.45, 2.75) is 18.9 Å². The van der Waals surface area contributed by atoms with Crippen molar-refractivity contribution >= 4 is 50.4 Å². The highest BCUT2D eigenvalue weighted by molar-refractivity contribution is 9.10. The molecule has 2 aromatic carbocycles. The normalized spacial score (nSPS) is 17.5. The van der Waals surface area contributed by atoms with E-state index in [0.717, 1.165) is 33.8 Å².